The lowest BCUT2D eigenvalue weighted by atomic mass is 10.3. The van der Waals surface area contributed by atoms with Gasteiger partial charge in [0.25, 0.3) is 0 Å². The molecule has 0 aliphatic heterocycles. The summed E-state index contributed by atoms with van der Waals surface area (Å²) >= 11 is 11.7. The van der Waals surface area contributed by atoms with E-state index in [9.17, 15) is 8.42 Å². The molecular weight excluding hydrogens is 351 g/mol. The zero-order chi connectivity index (χ0) is 16.3. The Kier molecular flexibility index (Phi) is 5.05. The summed E-state index contributed by atoms with van der Waals surface area (Å²) in [6.07, 6.45) is 0. The predicted molar refractivity (Wildman–Crippen MR) is 83.8 cm³/mol. The van der Waals surface area contributed by atoms with Crippen molar-refractivity contribution in [3.63, 3.8) is 0 Å². The molecule has 0 unspecified atom stereocenters. The number of ether oxygens (including phenoxy) is 2. The fourth-order valence-corrected chi connectivity index (χ4v) is 3.17. The third kappa shape index (κ3) is 3.58. The highest BCUT2D eigenvalue weighted by atomic mass is 35.5. The van der Waals surface area contributed by atoms with E-state index >= 15 is 0 Å². The second-order valence-electron chi connectivity index (χ2n) is 4.13. The first-order valence-corrected chi connectivity index (χ1v) is 8.15. The second-order valence-corrected chi connectivity index (χ2v) is 6.49. The standard InChI is InChI=1S/C14H12Cl2O5S/c1-19-10-4-6-12(20-2)14(8-10)22(17,18)21-13-7-9(15)3-5-11(13)16/h3-8H,1-2H3. The Bertz CT molecular complexity index is 790. The maximum Gasteiger partial charge on any atom is 0.343 e. The van der Waals surface area contributed by atoms with Crippen LogP contribution in [0.25, 0.3) is 0 Å². The Hall–Kier alpha value is -1.63. The molecular formula is C14H12Cl2O5S. The van der Waals surface area contributed by atoms with Crippen molar-refractivity contribution in [1.29, 1.82) is 0 Å². The zero-order valence-electron chi connectivity index (χ0n) is 11.7. The molecule has 0 saturated carbocycles. The van der Waals surface area contributed by atoms with Crippen LogP contribution in [-0.4, -0.2) is 22.6 Å². The molecule has 2 aromatic carbocycles. The van der Waals surface area contributed by atoms with Crippen LogP contribution < -0.4 is 13.7 Å². The monoisotopic (exact) mass is 362 g/mol. The van der Waals surface area contributed by atoms with Crippen LogP contribution in [0.5, 0.6) is 17.2 Å². The smallest absolute Gasteiger partial charge is 0.343 e. The summed E-state index contributed by atoms with van der Waals surface area (Å²) in [5, 5.41) is 0.419. The van der Waals surface area contributed by atoms with E-state index in [2.05, 4.69) is 0 Å². The van der Waals surface area contributed by atoms with Gasteiger partial charge in [-0.05, 0) is 24.3 Å². The van der Waals surface area contributed by atoms with Crippen molar-refractivity contribution in [2.45, 2.75) is 4.90 Å². The van der Waals surface area contributed by atoms with Gasteiger partial charge in [0.2, 0.25) is 0 Å². The Balaban J connectivity index is 2.48. The van der Waals surface area contributed by atoms with E-state index in [1.807, 2.05) is 0 Å². The summed E-state index contributed by atoms with van der Waals surface area (Å²) in [6, 6.07) is 8.62. The van der Waals surface area contributed by atoms with Crippen LogP contribution in [0.3, 0.4) is 0 Å². The lowest BCUT2D eigenvalue weighted by Gasteiger charge is -2.12. The molecule has 0 amide bonds. The van der Waals surface area contributed by atoms with Crippen molar-refractivity contribution in [3.05, 3.63) is 46.4 Å². The second kappa shape index (κ2) is 6.64. The molecule has 0 aromatic heterocycles. The molecule has 0 heterocycles. The third-order valence-corrected chi connectivity index (χ3v) is 4.54. The summed E-state index contributed by atoms with van der Waals surface area (Å²) in [4.78, 5) is -0.176. The van der Waals surface area contributed by atoms with Gasteiger partial charge < -0.3 is 13.7 Å². The number of methoxy groups -OCH3 is 2. The summed E-state index contributed by atoms with van der Waals surface area (Å²) in [5.74, 6) is 0.401. The van der Waals surface area contributed by atoms with Crippen LogP contribution in [0.1, 0.15) is 0 Å². The van der Waals surface area contributed by atoms with Crippen molar-refractivity contribution >= 4 is 33.3 Å². The molecule has 0 radical (unpaired) electrons. The molecule has 118 valence electrons. The molecule has 2 aromatic rings. The van der Waals surface area contributed by atoms with Gasteiger partial charge in [0.15, 0.2) is 10.6 Å². The van der Waals surface area contributed by atoms with Gasteiger partial charge in [0.1, 0.15) is 11.5 Å². The molecule has 0 atom stereocenters. The molecule has 0 saturated heterocycles. The number of hydrogen-bond donors (Lipinski definition) is 0. The van der Waals surface area contributed by atoms with Crippen LogP contribution in [-0.2, 0) is 10.1 Å². The third-order valence-electron chi connectivity index (χ3n) is 2.73. The highest BCUT2D eigenvalue weighted by molar-refractivity contribution is 7.87. The molecule has 8 heteroatoms. The first kappa shape index (κ1) is 16.7. The van der Waals surface area contributed by atoms with E-state index < -0.39 is 10.1 Å². The van der Waals surface area contributed by atoms with E-state index in [0.29, 0.717) is 10.8 Å². The minimum Gasteiger partial charge on any atom is -0.497 e. The van der Waals surface area contributed by atoms with Gasteiger partial charge in [-0.25, -0.2) is 0 Å². The van der Waals surface area contributed by atoms with E-state index in [0.717, 1.165) is 0 Å². The van der Waals surface area contributed by atoms with Crippen molar-refractivity contribution in [3.8, 4) is 17.2 Å². The van der Waals surface area contributed by atoms with Crippen LogP contribution in [0.15, 0.2) is 41.3 Å². The number of rotatable bonds is 5. The Morgan fingerprint density at radius 3 is 2.27 bits per heavy atom. The minimum atomic E-state index is -4.18. The van der Waals surface area contributed by atoms with Crippen LogP contribution in [0, 0.1) is 0 Å². The SMILES string of the molecule is COc1ccc(OC)c(S(=O)(=O)Oc2cc(Cl)ccc2Cl)c1. The van der Waals surface area contributed by atoms with Crippen LogP contribution in [0.2, 0.25) is 10.0 Å². The molecule has 0 bridgehead atoms. The van der Waals surface area contributed by atoms with E-state index in [1.165, 1.54) is 44.6 Å². The van der Waals surface area contributed by atoms with Crippen molar-refractivity contribution in [2.24, 2.45) is 0 Å². The summed E-state index contributed by atoms with van der Waals surface area (Å²) in [5.41, 5.74) is 0. The van der Waals surface area contributed by atoms with Crippen molar-refractivity contribution in [2.75, 3.05) is 14.2 Å². The summed E-state index contributed by atoms with van der Waals surface area (Å²) in [6.45, 7) is 0. The normalized spacial score (nSPS) is 11.1. The van der Waals surface area contributed by atoms with E-state index in [1.54, 1.807) is 6.07 Å². The summed E-state index contributed by atoms with van der Waals surface area (Å²) in [7, 11) is -1.40. The Morgan fingerprint density at radius 2 is 1.64 bits per heavy atom. The first-order valence-electron chi connectivity index (χ1n) is 5.99. The fraction of sp³-hybridized carbons (Fsp3) is 0.143. The van der Waals surface area contributed by atoms with Gasteiger partial charge >= 0.3 is 10.1 Å². The van der Waals surface area contributed by atoms with Crippen LogP contribution >= 0.6 is 23.2 Å². The quantitative estimate of drug-likeness (QED) is 0.757. The first-order chi connectivity index (χ1) is 10.4. The Morgan fingerprint density at radius 1 is 0.909 bits per heavy atom. The van der Waals surface area contributed by atoms with Gasteiger partial charge in [0.05, 0.1) is 19.2 Å². The van der Waals surface area contributed by atoms with Gasteiger partial charge in [-0.2, -0.15) is 8.42 Å². The molecule has 0 aliphatic rings. The fourth-order valence-electron chi connectivity index (χ4n) is 1.68. The molecule has 0 aliphatic carbocycles. The molecule has 0 spiro atoms. The largest absolute Gasteiger partial charge is 0.497 e. The highest BCUT2D eigenvalue weighted by Gasteiger charge is 2.24. The summed E-state index contributed by atoms with van der Waals surface area (Å²) < 4.78 is 40.0. The topological polar surface area (TPSA) is 61.8 Å². The molecule has 0 fully saturated rings. The van der Waals surface area contributed by atoms with Gasteiger partial charge in [-0.3, -0.25) is 0 Å². The van der Waals surface area contributed by atoms with Crippen molar-refractivity contribution in [1.82, 2.24) is 0 Å². The molecule has 5 nitrogen and oxygen atoms in total. The van der Waals surface area contributed by atoms with E-state index in [-0.39, 0.29) is 21.4 Å². The van der Waals surface area contributed by atoms with Crippen molar-refractivity contribution < 1.29 is 22.1 Å². The highest BCUT2D eigenvalue weighted by Crippen LogP contribution is 2.34. The average molecular weight is 363 g/mol. The number of hydrogen-bond acceptors (Lipinski definition) is 5. The minimum absolute atomic E-state index is 0.0703. The molecule has 22 heavy (non-hydrogen) atoms. The maximum absolute atomic E-state index is 12.5. The Labute approximate surface area is 138 Å². The van der Waals surface area contributed by atoms with Gasteiger partial charge in [-0.15, -0.1) is 0 Å². The lowest BCUT2D eigenvalue weighted by Crippen LogP contribution is -2.11. The maximum atomic E-state index is 12.5. The zero-order valence-corrected chi connectivity index (χ0v) is 14.0. The van der Waals surface area contributed by atoms with Gasteiger partial charge in [0, 0.05) is 17.2 Å². The van der Waals surface area contributed by atoms with Crippen LogP contribution in [0.4, 0.5) is 0 Å². The van der Waals surface area contributed by atoms with E-state index in [4.69, 9.17) is 36.9 Å². The molecule has 0 N–H and O–H groups in total. The number of benzene rings is 2. The van der Waals surface area contributed by atoms with Gasteiger partial charge in [-0.1, -0.05) is 23.2 Å². The predicted octanol–water partition coefficient (Wildman–Crippen LogP) is 3.78. The molecule has 2 rings (SSSR count). The lowest BCUT2D eigenvalue weighted by molar-refractivity contribution is 0.388. The average Bonchev–Trinajstić information content (AvgIpc) is 2.50. The number of halogens is 2.